The smallest absolute Gasteiger partial charge is 0.0125 e. The molecule has 2 bridgehead atoms. The van der Waals surface area contributed by atoms with E-state index in [9.17, 15) is 0 Å². The third-order valence-corrected chi connectivity index (χ3v) is 4.10. The third kappa shape index (κ3) is 2.86. The number of hydrogen-bond acceptors (Lipinski definition) is 2. The molecule has 2 aliphatic heterocycles. The van der Waals surface area contributed by atoms with Crippen LogP contribution >= 0.6 is 0 Å². The summed E-state index contributed by atoms with van der Waals surface area (Å²) in [6.07, 6.45) is 10.0. The molecular formula is C14H26N2. The SMILES string of the molecule is C=CCCN(CCC)C1CC2CCC(C1)N2. The second-order valence-corrected chi connectivity index (χ2v) is 5.38. The van der Waals surface area contributed by atoms with E-state index in [2.05, 4.69) is 29.8 Å². The Morgan fingerprint density at radius 2 is 1.94 bits per heavy atom. The third-order valence-electron chi connectivity index (χ3n) is 4.10. The van der Waals surface area contributed by atoms with Crippen molar-refractivity contribution in [3.8, 4) is 0 Å². The molecule has 0 spiro atoms. The Kier molecular flexibility index (Phi) is 4.42. The van der Waals surface area contributed by atoms with E-state index in [0.717, 1.165) is 24.5 Å². The monoisotopic (exact) mass is 222 g/mol. The Bertz CT molecular complexity index is 215. The van der Waals surface area contributed by atoms with Gasteiger partial charge >= 0.3 is 0 Å². The van der Waals surface area contributed by atoms with Gasteiger partial charge in [0, 0.05) is 24.7 Å². The van der Waals surface area contributed by atoms with E-state index in [4.69, 9.17) is 0 Å². The minimum atomic E-state index is 0.812. The Balaban J connectivity index is 1.88. The molecule has 0 radical (unpaired) electrons. The molecule has 2 nitrogen and oxygen atoms in total. The minimum absolute atomic E-state index is 0.812. The Hall–Kier alpha value is -0.340. The largest absolute Gasteiger partial charge is 0.311 e. The maximum Gasteiger partial charge on any atom is 0.0125 e. The van der Waals surface area contributed by atoms with Gasteiger partial charge in [0.05, 0.1) is 0 Å². The standard InChI is InChI=1S/C14H26N2/c1-3-5-9-16(8-4-2)14-10-12-6-7-13(11-14)15-12/h3,12-15H,1,4-11H2,2H3. The fraction of sp³-hybridized carbons (Fsp3) is 0.857. The molecule has 92 valence electrons. The van der Waals surface area contributed by atoms with Crippen LogP contribution < -0.4 is 5.32 Å². The summed E-state index contributed by atoms with van der Waals surface area (Å²) in [6.45, 7) is 8.60. The number of fused-ring (bicyclic) bond motifs is 2. The number of piperidine rings is 1. The molecule has 2 atom stereocenters. The molecule has 0 aromatic carbocycles. The average molecular weight is 222 g/mol. The summed E-state index contributed by atoms with van der Waals surface area (Å²) in [5.41, 5.74) is 0. The van der Waals surface area contributed by atoms with Crippen molar-refractivity contribution in [3.63, 3.8) is 0 Å². The van der Waals surface area contributed by atoms with Crippen molar-refractivity contribution >= 4 is 0 Å². The van der Waals surface area contributed by atoms with Gasteiger partial charge in [-0.15, -0.1) is 6.58 Å². The molecule has 16 heavy (non-hydrogen) atoms. The Morgan fingerprint density at radius 3 is 2.50 bits per heavy atom. The van der Waals surface area contributed by atoms with Gasteiger partial charge in [0.2, 0.25) is 0 Å². The van der Waals surface area contributed by atoms with Gasteiger partial charge in [0.15, 0.2) is 0 Å². The number of nitrogens with zero attached hydrogens (tertiary/aromatic N) is 1. The fourth-order valence-electron chi connectivity index (χ4n) is 3.35. The van der Waals surface area contributed by atoms with E-state index in [-0.39, 0.29) is 0 Å². The van der Waals surface area contributed by atoms with E-state index in [0.29, 0.717) is 0 Å². The van der Waals surface area contributed by atoms with Crippen LogP contribution in [-0.2, 0) is 0 Å². The van der Waals surface area contributed by atoms with Gasteiger partial charge in [-0.3, -0.25) is 4.90 Å². The van der Waals surface area contributed by atoms with Crippen molar-refractivity contribution in [3.05, 3.63) is 12.7 Å². The lowest BCUT2D eigenvalue weighted by atomic mass is 9.97. The molecule has 1 N–H and O–H groups in total. The van der Waals surface area contributed by atoms with Gasteiger partial charge in [0.1, 0.15) is 0 Å². The first kappa shape index (κ1) is 12.1. The first-order chi connectivity index (χ1) is 7.83. The van der Waals surface area contributed by atoms with Crippen LogP contribution in [0.2, 0.25) is 0 Å². The molecule has 2 rings (SSSR count). The maximum atomic E-state index is 3.84. The topological polar surface area (TPSA) is 15.3 Å². The predicted molar refractivity (Wildman–Crippen MR) is 69.6 cm³/mol. The molecule has 2 aliphatic rings. The highest BCUT2D eigenvalue weighted by atomic mass is 15.2. The average Bonchev–Trinajstić information content (AvgIpc) is 2.63. The van der Waals surface area contributed by atoms with Gasteiger partial charge in [-0.25, -0.2) is 0 Å². The van der Waals surface area contributed by atoms with Crippen molar-refractivity contribution in [2.45, 2.75) is 63.6 Å². The van der Waals surface area contributed by atoms with Gasteiger partial charge in [-0.2, -0.15) is 0 Å². The highest BCUT2D eigenvalue weighted by Crippen LogP contribution is 2.29. The summed E-state index contributed by atoms with van der Waals surface area (Å²) in [5, 5.41) is 3.73. The van der Waals surface area contributed by atoms with Crippen molar-refractivity contribution in [1.82, 2.24) is 10.2 Å². The predicted octanol–water partition coefficient (Wildman–Crippen LogP) is 2.56. The van der Waals surface area contributed by atoms with Crippen LogP contribution in [-0.4, -0.2) is 36.1 Å². The maximum absolute atomic E-state index is 3.84. The second-order valence-electron chi connectivity index (χ2n) is 5.38. The molecule has 0 aliphatic carbocycles. The summed E-state index contributed by atoms with van der Waals surface area (Å²) in [5.74, 6) is 0. The fourth-order valence-corrected chi connectivity index (χ4v) is 3.35. The molecule has 0 aromatic rings. The zero-order valence-electron chi connectivity index (χ0n) is 10.6. The molecule has 2 heteroatoms. The summed E-state index contributed by atoms with van der Waals surface area (Å²) in [4.78, 5) is 2.70. The lowest BCUT2D eigenvalue weighted by Crippen LogP contribution is -2.48. The van der Waals surface area contributed by atoms with E-state index < -0.39 is 0 Å². The van der Waals surface area contributed by atoms with Crippen LogP contribution in [0.1, 0.15) is 45.4 Å². The number of hydrogen-bond donors (Lipinski definition) is 1. The van der Waals surface area contributed by atoms with Crippen LogP contribution in [0.4, 0.5) is 0 Å². The summed E-state index contributed by atoms with van der Waals surface area (Å²) >= 11 is 0. The molecule has 2 saturated heterocycles. The molecule has 2 heterocycles. The van der Waals surface area contributed by atoms with Gasteiger partial charge in [-0.05, 0) is 45.1 Å². The zero-order valence-corrected chi connectivity index (χ0v) is 10.6. The Morgan fingerprint density at radius 1 is 1.25 bits per heavy atom. The Labute approximate surface area is 100 Å². The summed E-state index contributed by atoms with van der Waals surface area (Å²) in [6, 6.07) is 2.46. The van der Waals surface area contributed by atoms with Gasteiger partial charge in [-0.1, -0.05) is 13.0 Å². The molecule has 0 amide bonds. The minimum Gasteiger partial charge on any atom is -0.311 e. The van der Waals surface area contributed by atoms with Crippen molar-refractivity contribution in [2.24, 2.45) is 0 Å². The number of rotatable bonds is 6. The lowest BCUT2D eigenvalue weighted by Gasteiger charge is -2.37. The summed E-state index contributed by atoms with van der Waals surface area (Å²) in [7, 11) is 0. The highest BCUT2D eigenvalue weighted by molar-refractivity contribution is 4.95. The van der Waals surface area contributed by atoms with Crippen LogP contribution in [0.3, 0.4) is 0 Å². The van der Waals surface area contributed by atoms with E-state index in [1.54, 1.807) is 0 Å². The van der Waals surface area contributed by atoms with E-state index in [1.807, 2.05) is 0 Å². The molecular weight excluding hydrogens is 196 g/mol. The first-order valence-corrected chi connectivity index (χ1v) is 6.94. The lowest BCUT2D eigenvalue weighted by molar-refractivity contribution is 0.143. The summed E-state index contributed by atoms with van der Waals surface area (Å²) < 4.78 is 0. The van der Waals surface area contributed by atoms with Crippen molar-refractivity contribution in [2.75, 3.05) is 13.1 Å². The van der Waals surface area contributed by atoms with Gasteiger partial charge in [0.25, 0.3) is 0 Å². The highest BCUT2D eigenvalue weighted by Gasteiger charge is 2.35. The molecule has 2 fully saturated rings. The second kappa shape index (κ2) is 5.83. The quantitative estimate of drug-likeness (QED) is 0.695. The van der Waals surface area contributed by atoms with Crippen LogP contribution in [0, 0.1) is 0 Å². The molecule has 0 saturated carbocycles. The van der Waals surface area contributed by atoms with Gasteiger partial charge < -0.3 is 5.32 Å². The van der Waals surface area contributed by atoms with E-state index >= 15 is 0 Å². The zero-order chi connectivity index (χ0) is 11.4. The molecule has 2 unspecified atom stereocenters. The normalized spacial score (nSPS) is 33.2. The first-order valence-electron chi connectivity index (χ1n) is 6.94. The molecule has 0 aromatic heterocycles. The number of nitrogens with one attached hydrogen (secondary N) is 1. The van der Waals surface area contributed by atoms with Crippen LogP contribution in [0.25, 0.3) is 0 Å². The van der Waals surface area contributed by atoms with Crippen LogP contribution in [0.15, 0.2) is 12.7 Å². The van der Waals surface area contributed by atoms with E-state index in [1.165, 1.54) is 45.2 Å². The van der Waals surface area contributed by atoms with Crippen molar-refractivity contribution < 1.29 is 0 Å². The van der Waals surface area contributed by atoms with Crippen molar-refractivity contribution in [1.29, 1.82) is 0 Å². The van der Waals surface area contributed by atoms with Crippen LogP contribution in [0.5, 0.6) is 0 Å².